The van der Waals surface area contributed by atoms with Crippen LogP contribution in [-0.2, 0) is 16.0 Å². The predicted molar refractivity (Wildman–Crippen MR) is 82.1 cm³/mol. The van der Waals surface area contributed by atoms with Gasteiger partial charge in [0.05, 0.1) is 18.7 Å². The molecule has 1 aromatic heterocycles. The molecule has 0 aliphatic carbocycles. The van der Waals surface area contributed by atoms with Crippen LogP contribution in [0.15, 0.2) is 52.9 Å². The average Bonchev–Trinajstić information content (AvgIpc) is 2.92. The number of hydrogen-bond acceptors (Lipinski definition) is 4. The monoisotopic (exact) mass is 291 g/mol. The quantitative estimate of drug-likeness (QED) is 0.690. The molecule has 108 valence electrons. The van der Waals surface area contributed by atoms with Gasteiger partial charge in [0, 0.05) is 10.9 Å². The third kappa shape index (κ3) is 2.45. The molecule has 0 fully saturated rings. The number of nitrogens with zero attached hydrogens (tertiary/aromatic N) is 1. The lowest BCUT2D eigenvalue weighted by Crippen LogP contribution is -2.04. The summed E-state index contributed by atoms with van der Waals surface area (Å²) in [5.41, 5.74) is 3.08. The number of nitriles is 1. The van der Waals surface area contributed by atoms with Crippen LogP contribution < -0.4 is 0 Å². The highest BCUT2D eigenvalue weighted by Gasteiger charge is 2.18. The number of carbonyl (C=O) groups is 1. The molecule has 22 heavy (non-hydrogen) atoms. The van der Waals surface area contributed by atoms with E-state index in [9.17, 15) is 4.79 Å². The Morgan fingerprint density at radius 1 is 1.18 bits per heavy atom. The molecule has 0 aliphatic heterocycles. The van der Waals surface area contributed by atoms with E-state index in [1.807, 2.05) is 36.4 Å². The fourth-order valence-corrected chi connectivity index (χ4v) is 2.45. The average molecular weight is 291 g/mol. The van der Waals surface area contributed by atoms with Gasteiger partial charge < -0.3 is 9.15 Å². The second kappa shape index (κ2) is 5.74. The van der Waals surface area contributed by atoms with Gasteiger partial charge in [0.25, 0.3) is 0 Å². The first-order chi connectivity index (χ1) is 10.7. The second-order valence-electron chi connectivity index (χ2n) is 4.84. The number of rotatable bonds is 3. The maximum Gasteiger partial charge on any atom is 0.313 e. The minimum atomic E-state index is -0.353. The van der Waals surface area contributed by atoms with E-state index >= 15 is 0 Å². The van der Waals surface area contributed by atoms with E-state index in [1.165, 1.54) is 7.11 Å². The number of fused-ring (bicyclic) bond motifs is 1. The van der Waals surface area contributed by atoms with Crippen LogP contribution in [0.25, 0.3) is 22.1 Å². The number of esters is 1. The molecule has 0 radical (unpaired) electrons. The third-order valence-corrected chi connectivity index (χ3v) is 3.50. The van der Waals surface area contributed by atoms with Gasteiger partial charge in [0.15, 0.2) is 0 Å². The lowest BCUT2D eigenvalue weighted by Gasteiger charge is -2.03. The number of furan rings is 1. The highest BCUT2D eigenvalue weighted by atomic mass is 16.5. The molecular weight excluding hydrogens is 278 g/mol. The van der Waals surface area contributed by atoms with E-state index in [0.717, 1.165) is 22.1 Å². The number of carbonyl (C=O) groups excluding carboxylic acids is 1. The molecule has 0 spiro atoms. The van der Waals surface area contributed by atoms with Crippen molar-refractivity contribution >= 4 is 16.9 Å². The summed E-state index contributed by atoms with van der Waals surface area (Å²) in [5, 5.41) is 9.84. The van der Waals surface area contributed by atoms with Crippen molar-refractivity contribution in [2.75, 3.05) is 7.11 Å². The summed E-state index contributed by atoms with van der Waals surface area (Å²) in [7, 11) is 1.35. The van der Waals surface area contributed by atoms with Crippen molar-refractivity contribution in [3.8, 4) is 17.2 Å². The number of ether oxygens (including phenoxy) is 1. The van der Waals surface area contributed by atoms with Gasteiger partial charge in [-0.05, 0) is 23.8 Å². The molecule has 3 rings (SSSR count). The molecule has 0 amide bonds. The van der Waals surface area contributed by atoms with Crippen molar-refractivity contribution in [2.24, 2.45) is 0 Å². The van der Waals surface area contributed by atoms with Crippen molar-refractivity contribution in [2.45, 2.75) is 6.42 Å². The van der Waals surface area contributed by atoms with Gasteiger partial charge in [-0.3, -0.25) is 4.79 Å². The fraction of sp³-hybridized carbons (Fsp3) is 0.111. The van der Waals surface area contributed by atoms with Crippen LogP contribution in [0.3, 0.4) is 0 Å². The van der Waals surface area contributed by atoms with Gasteiger partial charge in [-0.1, -0.05) is 30.3 Å². The molecule has 4 nitrogen and oxygen atoms in total. The highest BCUT2D eigenvalue weighted by molar-refractivity contribution is 5.97. The zero-order valence-corrected chi connectivity index (χ0v) is 12.0. The Morgan fingerprint density at radius 3 is 2.59 bits per heavy atom. The first kappa shape index (κ1) is 13.9. The molecule has 0 aliphatic rings. The van der Waals surface area contributed by atoms with Crippen LogP contribution in [0.2, 0.25) is 0 Å². The Balaban J connectivity index is 2.18. The van der Waals surface area contributed by atoms with E-state index < -0.39 is 0 Å². The van der Waals surface area contributed by atoms with Crippen molar-refractivity contribution in [1.29, 1.82) is 5.26 Å². The minimum absolute atomic E-state index is 0.0700. The summed E-state index contributed by atoms with van der Waals surface area (Å²) < 4.78 is 10.6. The number of methoxy groups -OCH3 is 1. The van der Waals surface area contributed by atoms with Crippen molar-refractivity contribution in [1.82, 2.24) is 0 Å². The molecule has 0 saturated heterocycles. The molecule has 1 heterocycles. The number of hydrogen-bond donors (Lipinski definition) is 0. The summed E-state index contributed by atoms with van der Waals surface area (Å²) in [6.07, 6.45) is 0.0700. The summed E-state index contributed by atoms with van der Waals surface area (Å²) in [6.45, 7) is 0. The lowest BCUT2D eigenvalue weighted by atomic mass is 10.00. The van der Waals surface area contributed by atoms with Crippen LogP contribution in [0, 0.1) is 11.3 Å². The maximum absolute atomic E-state index is 11.6. The Kier molecular flexibility index (Phi) is 3.63. The van der Waals surface area contributed by atoms with Gasteiger partial charge >= 0.3 is 5.97 Å². The molecule has 0 unspecified atom stereocenters. The van der Waals surface area contributed by atoms with Crippen LogP contribution >= 0.6 is 0 Å². The van der Waals surface area contributed by atoms with Crippen molar-refractivity contribution in [3.63, 3.8) is 0 Å². The topological polar surface area (TPSA) is 63.2 Å². The van der Waals surface area contributed by atoms with Gasteiger partial charge in [0.1, 0.15) is 17.8 Å². The summed E-state index contributed by atoms with van der Waals surface area (Å²) in [5.74, 6) is 0.215. The molecule has 0 atom stereocenters. The summed E-state index contributed by atoms with van der Waals surface area (Å²) in [6, 6.07) is 16.9. The fourth-order valence-electron chi connectivity index (χ4n) is 2.45. The minimum Gasteiger partial charge on any atom is -0.469 e. The third-order valence-electron chi connectivity index (χ3n) is 3.50. The Morgan fingerprint density at radius 2 is 1.91 bits per heavy atom. The Hall–Kier alpha value is -3.06. The van der Waals surface area contributed by atoms with E-state index in [2.05, 4.69) is 6.07 Å². The predicted octanol–water partition coefficient (Wildman–Crippen LogP) is 3.69. The normalized spacial score (nSPS) is 10.4. The highest BCUT2D eigenvalue weighted by Crippen LogP contribution is 2.35. The largest absolute Gasteiger partial charge is 0.469 e. The summed E-state index contributed by atoms with van der Waals surface area (Å²) in [4.78, 5) is 11.6. The first-order valence-corrected chi connectivity index (χ1v) is 6.80. The Labute approximate surface area is 127 Å². The Bertz CT molecular complexity index is 869. The standard InChI is InChI=1S/C18H13NO3/c1-21-17(20)10-16-18(13-8-6-12(11-19)7-9-13)14-4-2-3-5-15(14)22-16/h2-9H,10H2,1H3. The van der Waals surface area contributed by atoms with Gasteiger partial charge in [0.2, 0.25) is 0 Å². The second-order valence-corrected chi connectivity index (χ2v) is 4.84. The van der Waals surface area contributed by atoms with E-state index in [4.69, 9.17) is 14.4 Å². The van der Waals surface area contributed by atoms with Crippen molar-refractivity contribution in [3.05, 3.63) is 59.9 Å². The number of para-hydroxylation sites is 1. The first-order valence-electron chi connectivity index (χ1n) is 6.80. The van der Waals surface area contributed by atoms with Gasteiger partial charge in [-0.25, -0.2) is 0 Å². The smallest absolute Gasteiger partial charge is 0.313 e. The zero-order chi connectivity index (χ0) is 15.5. The van der Waals surface area contributed by atoms with E-state index in [-0.39, 0.29) is 12.4 Å². The van der Waals surface area contributed by atoms with Gasteiger partial charge in [-0.15, -0.1) is 0 Å². The van der Waals surface area contributed by atoms with Gasteiger partial charge in [-0.2, -0.15) is 5.26 Å². The molecule has 0 saturated carbocycles. The summed E-state index contributed by atoms with van der Waals surface area (Å²) >= 11 is 0. The van der Waals surface area contributed by atoms with Crippen LogP contribution in [0.1, 0.15) is 11.3 Å². The maximum atomic E-state index is 11.6. The molecule has 4 heteroatoms. The SMILES string of the molecule is COC(=O)Cc1oc2ccccc2c1-c1ccc(C#N)cc1. The number of benzene rings is 2. The van der Waals surface area contributed by atoms with Crippen molar-refractivity contribution < 1.29 is 13.9 Å². The molecule has 3 aromatic rings. The molecule has 2 aromatic carbocycles. The molecule has 0 N–H and O–H groups in total. The zero-order valence-electron chi connectivity index (χ0n) is 12.0. The van der Waals surface area contributed by atoms with Crippen LogP contribution in [-0.4, -0.2) is 13.1 Å². The van der Waals surface area contributed by atoms with E-state index in [1.54, 1.807) is 12.1 Å². The van der Waals surface area contributed by atoms with Crippen LogP contribution in [0.4, 0.5) is 0 Å². The molecular formula is C18H13NO3. The lowest BCUT2D eigenvalue weighted by molar-refractivity contribution is -0.140. The van der Waals surface area contributed by atoms with E-state index in [0.29, 0.717) is 11.3 Å². The van der Waals surface area contributed by atoms with Crippen LogP contribution in [0.5, 0.6) is 0 Å². The molecule has 0 bridgehead atoms.